The number of halogens is 1. The molecule has 1 N–H and O–H groups in total. The van der Waals surface area contributed by atoms with Crippen molar-refractivity contribution in [1.82, 2.24) is 4.57 Å². The molecule has 3 rings (SSSR count). The Labute approximate surface area is 119 Å². The lowest BCUT2D eigenvalue weighted by Gasteiger charge is -2.09. The van der Waals surface area contributed by atoms with Gasteiger partial charge < -0.3 is 4.57 Å². The maximum absolute atomic E-state index is 3.08. The zero-order valence-electron chi connectivity index (χ0n) is 11.1. The third-order valence-corrected chi connectivity index (χ3v) is 3.64. The molecule has 19 heavy (non-hydrogen) atoms. The SMILES string of the molecule is CC(c1cc[nH+]cc1)c1cn(C)c2ccccc12.Cl. The Hall–Kier alpha value is -1.80. The maximum Gasteiger partial charge on any atom is 0.167 e. The van der Waals surface area contributed by atoms with Gasteiger partial charge in [0.05, 0.1) is 0 Å². The topological polar surface area (TPSA) is 19.1 Å². The van der Waals surface area contributed by atoms with Gasteiger partial charge in [0, 0.05) is 42.2 Å². The molecule has 0 fully saturated rings. The normalized spacial score (nSPS) is 12.1. The van der Waals surface area contributed by atoms with Crippen LogP contribution in [0.1, 0.15) is 24.0 Å². The van der Waals surface area contributed by atoms with Crippen LogP contribution in [0.5, 0.6) is 0 Å². The summed E-state index contributed by atoms with van der Waals surface area (Å²) in [7, 11) is 2.11. The van der Waals surface area contributed by atoms with Gasteiger partial charge in [-0.15, -0.1) is 12.4 Å². The zero-order chi connectivity index (χ0) is 12.5. The number of fused-ring (bicyclic) bond motifs is 1. The fourth-order valence-corrected chi connectivity index (χ4v) is 2.59. The summed E-state index contributed by atoms with van der Waals surface area (Å²) in [5.41, 5.74) is 4.02. The number of hydrogen-bond donors (Lipinski definition) is 0. The fraction of sp³-hybridized carbons (Fsp3) is 0.188. The van der Waals surface area contributed by atoms with Gasteiger partial charge in [-0.05, 0) is 17.2 Å². The number of benzene rings is 1. The number of aryl methyl sites for hydroxylation is 1. The minimum Gasteiger partial charge on any atom is -0.350 e. The Morgan fingerprint density at radius 1 is 1.05 bits per heavy atom. The van der Waals surface area contributed by atoms with E-state index in [4.69, 9.17) is 0 Å². The summed E-state index contributed by atoms with van der Waals surface area (Å²) >= 11 is 0. The second-order valence-electron chi connectivity index (χ2n) is 4.77. The Bertz CT molecular complexity index is 674. The molecule has 0 bridgehead atoms. The molecule has 1 aromatic carbocycles. The molecule has 1 unspecified atom stereocenters. The first kappa shape index (κ1) is 13.6. The number of hydrogen-bond acceptors (Lipinski definition) is 0. The Balaban J connectivity index is 0.00000133. The average molecular weight is 274 g/mol. The first-order valence-corrected chi connectivity index (χ1v) is 6.27. The predicted molar refractivity (Wildman–Crippen MR) is 80.7 cm³/mol. The molecule has 2 aromatic heterocycles. The highest BCUT2D eigenvalue weighted by Crippen LogP contribution is 2.30. The molecule has 0 spiro atoms. The third kappa shape index (κ3) is 2.36. The van der Waals surface area contributed by atoms with Crippen LogP contribution in [0.3, 0.4) is 0 Å². The number of nitrogens with one attached hydrogen (secondary N) is 1. The molecule has 2 nitrogen and oxygen atoms in total. The van der Waals surface area contributed by atoms with Crippen molar-refractivity contribution in [2.24, 2.45) is 7.05 Å². The lowest BCUT2D eigenvalue weighted by molar-refractivity contribution is -0.378. The first-order chi connectivity index (χ1) is 8.77. The van der Waals surface area contributed by atoms with Gasteiger partial charge in [0.1, 0.15) is 0 Å². The second kappa shape index (κ2) is 5.45. The van der Waals surface area contributed by atoms with E-state index in [1.54, 1.807) is 0 Å². The van der Waals surface area contributed by atoms with Gasteiger partial charge in [-0.1, -0.05) is 25.1 Å². The van der Waals surface area contributed by atoms with Crippen molar-refractivity contribution >= 4 is 23.3 Å². The smallest absolute Gasteiger partial charge is 0.167 e. The molecule has 2 heterocycles. The highest BCUT2D eigenvalue weighted by atomic mass is 35.5. The van der Waals surface area contributed by atoms with Crippen molar-refractivity contribution in [2.75, 3.05) is 0 Å². The van der Waals surface area contributed by atoms with E-state index in [9.17, 15) is 0 Å². The molecule has 1 atom stereocenters. The molecule has 0 saturated heterocycles. The number of para-hydroxylation sites is 1. The number of rotatable bonds is 2. The van der Waals surface area contributed by atoms with Crippen LogP contribution >= 0.6 is 12.4 Å². The zero-order valence-corrected chi connectivity index (χ0v) is 11.9. The van der Waals surface area contributed by atoms with Gasteiger partial charge in [0.2, 0.25) is 0 Å². The van der Waals surface area contributed by atoms with Crippen LogP contribution in [0.2, 0.25) is 0 Å². The van der Waals surface area contributed by atoms with Crippen LogP contribution in [0.25, 0.3) is 10.9 Å². The summed E-state index contributed by atoms with van der Waals surface area (Å²) in [5, 5.41) is 1.35. The first-order valence-electron chi connectivity index (χ1n) is 6.27. The molecule has 3 aromatic rings. The van der Waals surface area contributed by atoms with Crippen molar-refractivity contribution < 1.29 is 4.98 Å². The molecule has 0 saturated carbocycles. The van der Waals surface area contributed by atoms with Crippen LogP contribution in [-0.2, 0) is 7.05 Å². The number of nitrogens with zero attached hydrogens (tertiary/aromatic N) is 1. The third-order valence-electron chi connectivity index (χ3n) is 3.64. The lowest BCUT2D eigenvalue weighted by atomic mass is 9.94. The molecule has 0 radical (unpaired) electrons. The van der Waals surface area contributed by atoms with Gasteiger partial charge in [-0.3, -0.25) is 0 Å². The quantitative estimate of drug-likeness (QED) is 0.680. The summed E-state index contributed by atoms with van der Waals surface area (Å²) in [4.78, 5) is 3.08. The second-order valence-corrected chi connectivity index (χ2v) is 4.77. The van der Waals surface area contributed by atoms with Crippen LogP contribution in [0.4, 0.5) is 0 Å². The van der Waals surface area contributed by atoms with Crippen molar-refractivity contribution in [1.29, 1.82) is 0 Å². The number of aromatic amines is 1. The van der Waals surface area contributed by atoms with Crippen molar-refractivity contribution in [2.45, 2.75) is 12.8 Å². The van der Waals surface area contributed by atoms with E-state index in [0.717, 1.165) is 0 Å². The van der Waals surface area contributed by atoms with Crippen LogP contribution in [0, 0.1) is 0 Å². The fourth-order valence-electron chi connectivity index (χ4n) is 2.59. The summed E-state index contributed by atoms with van der Waals surface area (Å²) in [6, 6.07) is 12.9. The number of aromatic nitrogens is 2. The highest BCUT2D eigenvalue weighted by molar-refractivity contribution is 5.85. The van der Waals surface area contributed by atoms with E-state index < -0.39 is 0 Å². The van der Waals surface area contributed by atoms with Gasteiger partial charge in [-0.2, -0.15) is 0 Å². The number of pyridine rings is 1. The summed E-state index contributed by atoms with van der Waals surface area (Å²) in [5.74, 6) is 0.408. The molecule has 0 aliphatic carbocycles. The van der Waals surface area contributed by atoms with Crippen LogP contribution < -0.4 is 4.98 Å². The van der Waals surface area contributed by atoms with Crippen molar-refractivity contribution in [3.8, 4) is 0 Å². The van der Waals surface area contributed by atoms with E-state index in [1.807, 2.05) is 12.4 Å². The average Bonchev–Trinajstić information content (AvgIpc) is 2.77. The lowest BCUT2D eigenvalue weighted by Crippen LogP contribution is -2.02. The summed E-state index contributed by atoms with van der Waals surface area (Å²) in [6.45, 7) is 2.26. The van der Waals surface area contributed by atoms with Crippen molar-refractivity contribution in [3.63, 3.8) is 0 Å². The molecule has 0 aliphatic heterocycles. The Morgan fingerprint density at radius 2 is 1.74 bits per heavy atom. The van der Waals surface area contributed by atoms with Crippen LogP contribution in [-0.4, -0.2) is 4.57 Å². The van der Waals surface area contributed by atoms with E-state index in [1.165, 1.54) is 22.0 Å². The minimum absolute atomic E-state index is 0. The Kier molecular flexibility index (Phi) is 3.91. The molecule has 0 aliphatic rings. The minimum atomic E-state index is 0. The van der Waals surface area contributed by atoms with Crippen LogP contribution in [0.15, 0.2) is 55.0 Å². The van der Waals surface area contributed by atoms with Gasteiger partial charge in [0.15, 0.2) is 12.4 Å². The predicted octanol–water partition coefficient (Wildman–Crippen LogP) is 3.57. The summed E-state index contributed by atoms with van der Waals surface area (Å²) in [6.07, 6.45) is 6.21. The summed E-state index contributed by atoms with van der Waals surface area (Å²) < 4.78 is 2.20. The Morgan fingerprint density at radius 3 is 2.47 bits per heavy atom. The van der Waals surface area contributed by atoms with Gasteiger partial charge in [-0.25, -0.2) is 4.98 Å². The highest BCUT2D eigenvalue weighted by Gasteiger charge is 2.14. The molecular formula is C16H18ClN2+. The van der Waals surface area contributed by atoms with E-state index in [0.29, 0.717) is 5.92 Å². The molecular weight excluding hydrogens is 256 g/mol. The van der Waals surface area contributed by atoms with E-state index >= 15 is 0 Å². The maximum atomic E-state index is 3.08. The number of H-pyrrole nitrogens is 1. The van der Waals surface area contributed by atoms with Gasteiger partial charge in [0.25, 0.3) is 0 Å². The largest absolute Gasteiger partial charge is 0.350 e. The van der Waals surface area contributed by atoms with Gasteiger partial charge >= 0.3 is 0 Å². The van der Waals surface area contributed by atoms with E-state index in [-0.39, 0.29) is 12.4 Å². The van der Waals surface area contributed by atoms with E-state index in [2.05, 4.69) is 66.1 Å². The van der Waals surface area contributed by atoms with Crippen molar-refractivity contribution in [3.05, 3.63) is 66.1 Å². The standard InChI is InChI=1S/C16H16N2.ClH/c1-12(13-7-9-17-10-8-13)15-11-18(2)16-6-4-3-5-14(15)16;/h3-12H,1-2H3;1H/p+1. The molecule has 98 valence electrons. The molecule has 3 heteroatoms. The monoisotopic (exact) mass is 273 g/mol. The molecule has 0 amide bonds.